The van der Waals surface area contributed by atoms with Crippen LogP contribution in [0.25, 0.3) is 0 Å². The second kappa shape index (κ2) is 10.5. The van der Waals surface area contributed by atoms with Crippen LogP contribution in [-0.4, -0.2) is 76.7 Å². The number of carbonyl (C=O) groups is 4. The highest BCUT2D eigenvalue weighted by atomic mass is 32.2. The lowest BCUT2D eigenvalue weighted by Crippen LogP contribution is -2.56. The highest BCUT2D eigenvalue weighted by molar-refractivity contribution is 8.01. The van der Waals surface area contributed by atoms with Gasteiger partial charge in [-0.05, 0) is 17.7 Å². The largest absolute Gasteiger partial charge is 0.467 e. The Bertz CT molecular complexity index is 1040. The molecule has 2 heterocycles. The number of carbonyl (C=O) groups excluding carboxylic acids is 4. The summed E-state index contributed by atoms with van der Waals surface area (Å²) in [6.07, 6.45) is 0. The maximum Gasteiger partial charge on any atom is 0.339 e. The molecule has 0 radical (unpaired) electrons. The second-order valence-corrected chi connectivity index (χ2v) is 9.91. The molecule has 0 saturated carbocycles. The summed E-state index contributed by atoms with van der Waals surface area (Å²) < 4.78 is 9.77. The van der Waals surface area contributed by atoms with Crippen molar-refractivity contribution in [3.05, 3.63) is 71.8 Å². The second-order valence-electron chi connectivity index (χ2n) is 7.68. The number of nitrogens with zero attached hydrogens (tertiary/aromatic N) is 2. The fourth-order valence-electron chi connectivity index (χ4n) is 4.10. The van der Waals surface area contributed by atoms with Crippen molar-refractivity contribution in [1.29, 1.82) is 0 Å². The summed E-state index contributed by atoms with van der Waals surface area (Å²) in [7, 11) is 2.47. The Kier molecular flexibility index (Phi) is 7.47. The van der Waals surface area contributed by atoms with Crippen molar-refractivity contribution in [2.75, 3.05) is 25.7 Å². The number of benzene rings is 2. The average Bonchev–Trinajstić information content (AvgIpc) is 3.53. The van der Waals surface area contributed by atoms with Gasteiger partial charge in [0.05, 0.1) is 14.2 Å². The van der Waals surface area contributed by atoms with E-state index in [0.717, 1.165) is 17.3 Å². The van der Waals surface area contributed by atoms with Gasteiger partial charge in [-0.15, -0.1) is 23.5 Å². The van der Waals surface area contributed by atoms with Crippen LogP contribution in [0.4, 0.5) is 0 Å². The molecule has 0 aliphatic carbocycles. The summed E-state index contributed by atoms with van der Waals surface area (Å²) >= 11 is 2.62. The molecule has 2 aliphatic heterocycles. The lowest BCUT2D eigenvalue weighted by molar-refractivity contribution is -0.158. The van der Waals surface area contributed by atoms with Crippen LogP contribution in [0.5, 0.6) is 0 Å². The van der Waals surface area contributed by atoms with Gasteiger partial charge in [-0.25, -0.2) is 9.59 Å². The van der Waals surface area contributed by atoms with Crippen molar-refractivity contribution in [3.8, 4) is 0 Å². The Labute approximate surface area is 205 Å². The number of thioether (sulfide) groups is 2. The first kappa shape index (κ1) is 24.2. The summed E-state index contributed by atoms with van der Waals surface area (Å²) in [5, 5.41) is -1.39. The molecule has 2 aromatic rings. The van der Waals surface area contributed by atoms with E-state index < -0.39 is 40.7 Å². The van der Waals surface area contributed by atoms with E-state index in [4.69, 9.17) is 9.47 Å². The van der Waals surface area contributed by atoms with Crippen LogP contribution in [0.1, 0.15) is 21.3 Å². The van der Waals surface area contributed by atoms with Crippen LogP contribution >= 0.6 is 23.5 Å². The molecule has 10 heteroatoms. The topological polar surface area (TPSA) is 93.2 Å². The SMILES string of the molecule is COC(=O)[C@H]1SC[C@@H](C(=O)OC)N1C(=O)[C@@H]1CS[C@H](c2ccccc2)N1C(=O)c1ccccc1. The summed E-state index contributed by atoms with van der Waals surface area (Å²) in [6, 6.07) is 16.4. The first-order valence-electron chi connectivity index (χ1n) is 10.6. The molecule has 8 nitrogen and oxygen atoms in total. The normalized spacial score (nSPS) is 24.1. The van der Waals surface area contributed by atoms with Crippen LogP contribution in [0.2, 0.25) is 0 Å². The van der Waals surface area contributed by atoms with E-state index in [2.05, 4.69) is 0 Å². The minimum Gasteiger partial charge on any atom is -0.467 e. The van der Waals surface area contributed by atoms with Crippen molar-refractivity contribution >= 4 is 47.3 Å². The lowest BCUT2D eigenvalue weighted by atomic mass is 10.1. The van der Waals surface area contributed by atoms with Gasteiger partial charge in [0.2, 0.25) is 5.91 Å². The van der Waals surface area contributed by atoms with E-state index >= 15 is 0 Å². The average molecular weight is 501 g/mol. The highest BCUT2D eigenvalue weighted by Crippen LogP contribution is 2.44. The van der Waals surface area contributed by atoms with Crippen molar-refractivity contribution in [3.63, 3.8) is 0 Å². The van der Waals surface area contributed by atoms with Crippen LogP contribution in [-0.2, 0) is 23.9 Å². The summed E-state index contributed by atoms with van der Waals surface area (Å²) in [6.45, 7) is 0. The molecular formula is C24H24N2O6S2. The van der Waals surface area contributed by atoms with E-state index in [1.807, 2.05) is 36.4 Å². The molecule has 2 fully saturated rings. The Balaban J connectivity index is 1.72. The van der Waals surface area contributed by atoms with E-state index in [1.165, 1.54) is 30.9 Å². The summed E-state index contributed by atoms with van der Waals surface area (Å²) in [5.41, 5.74) is 1.34. The van der Waals surface area contributed by atoms with Gasteiger partial charge in [0, 0.05) is 17.1 Å². The van der Waals surface area contributed by atoms with E-state index in [9.17, 15) is 19.2 Å². The molecule has 0 aromatic heterocycles. The molecule has 178 valence electrons. The Morgan fingerprint density at radius 1 is 0.765 bits per heavy atom. The molecule has 34 heavy (non-hydrogen) atoms. The minimum atomic E-state index is -0.990. The van der Waals surface area contributed by atoms with Crippen LogP contribution < -0.4 is 0 Å². The predicted octanol–water partition coefficient (Wildman–Crippen LogP) is 2.56. The number of hydrogen-bond acceptors (Lipinski definition) is 8. The number of methoxy groups -OCH3 is 2. The number of esters is 2. The predicted molar refractivity (Wildman–Crippen MR) is 129 cm³/mol. The van der Waals surface area contributed by atoms with Gasteiger partial charge < -0.3 is 19.3 Å². The van der Waals surface area contributed by atoms with Gasteiger partial charge >= 0.3 is 11.9 Å². The molecule has 2 saturated heterocycles. The van der Waals surface area contributed by atoms with E-state index in [1.54, 1.807) is 29.2 Å². The third kappa shape index (κ3) is 4.52. The molecule has 2 amide bonds. The molecule has 4 rings (SSSR count). The standard InChI is InChI=1S/C24H24N2O6S2/c1-31-23(29)18-14-34-22(24(30)32-2)26(18)20(28)17-13-33-21(16-11-7-4-8-12-16)25(17)19(27)15-9-5-3-6-10-15/h3-12,17-18,21-22H,13-14H2,1-2H3/t17-,18-,21+,22+/m0/s1. The zero-order chi connectivity index (χ0) is 24.2. The van der Waals surface area contributed by atoms with E-state index in [0.29, 0.717) is 11.3 Å². The highest BCUT2D eigenvalue weighted by Gasteiger charge is 2.52. The summed E-state index contributed by atoms with van der Waals surface area (Å²) in [5.74, 6) is -1.50. The van der Waals surface area contributed by atoms with Crippen molar-refractivity contribution in [2.45, 2.75) is 22.8 Å². The fraction of sp³-hybridized carbons (Fsp3) is 0.333. The molecule has 2 aromatic carbocycles. The van der Waals surface area contributed by atoms with E-state index in [-0.39, 0.29) is 11.7 Å². The third-order valence-corrected chi connectivity index (χ3v) is 8.32. The number of hydrogen-bond donors (Lipinski definition) is 0. The van der Waals surface area contributed by atoms with Crippen molar-refractivity contribution < 1.29 is 28.7 Å². The maximum atomic E-state index is 13.9. The zero-order valence-corrected chi connectivity index (χ0v) is 20.3. The first-order valence-corrected chi connectivity index (χ1v) is 12.7. The van der Waals surface area contributed by atoms with Gasteiger partial charge in [0.15, 0.2) is 5.37 Å². The maximum absolute atomic E-state index is 13.9. The van der Waals surface area contributed by atoms with Gasteiger partial charge in [0.1, 0.15) is 17.5 Å². The molecule has 0 unspecified atom stereocenters. The molecule has 0 spiro atoms. The Hall–Kier alpha value is -2.98. The van der Waals surface area contributed by atoms with Crippen LogP contribution in [0.15, 0.2) is 60.7 Å². The van der Waals surface area contributed by atoms with Gasteiger partial charge in [-0.1, -0.05) is 48.5 Å². The molecule has 0 bridgehead atoms. The monoisotopic (exact) mass is 500 g/mol. The van der Waals surface area contributed by atoms with Gasteiger partial charge in [-0.2, -0.15) is 0 Å². The fourth-order valence-corrected chi connectivity index (χ4v) is 6.82. The van der Waals surface area contributed by atoms with Gasteiger partial charge in [0.25, 0.3) is 5.91 Å². The van der Waals surface area contributed by atoms with Crippen molar-refractivity contribution in [2.24, 2.45) is 0 Å². The lowest BCUT2D eigenvalue weighted by Gasteiger charge is -2.34. The quantitative estimate of drug-likeness (QED) is 0.579. The van der Waals surface area contributed by atoms with Gasteiger partial charge in [-0.3, -0.25) is 9.59 Å². The van der Waals surface area contributed by atoms with Crippen LogP contribution in [0.3, 0.4) is 0 Å². The molecular weight excluding hydrogens is 476 g/mol. The molecule has 2 aliphatic rings. The smallest absolute Gasteiger partial charge is 0.339 e. The number of amides is 2. The van der Waals surface area contributed by atoms with Crippen LogP contribution in [0, 0.1) is 0 Å². The molecule has 0 N–H and O–H groups in total. The third-order valence-electron chi connectivity index (χ3n) is 5.76. The first-order chi connectivity index (χ1) is 16.5. The zero-order valence-electron chi connectivity index (χ0n) is 18.7. The molecule has 4 atom stereocenters. The van der Waals surface area contributed by atoms with Crippen molar-refractivity contribution in [1.82, 2.24) is 9.80 Å². The minimum absolute atomic E-state index is 0.201. The Morgan fingerprint density at radius 2 is 1.35 bits per heavy atom. The number of rotatable bonds is 5. The number of ether oxygens (including phenoxy) is 2. The summed E-state index contributed by atoms with van der Waals surface area (Å²) in [4.78, 5) is 55.3. The Morgan fingerprint density at radius 3 is 1.97 bits per heavy atom.